The maximum atomic E-state index is 13.0. The predicted molar refractivity (Wildman–Crippen MR) is 104 cm³/mol. The molecule has 140 valence electrons. The monoisotopic (exact) mass is 383 g/mol. The van der Waals surface area contributed by atoms with Gasteiger partial charge in [0.1, 0.15) is 0 Å². The minimum Gasteiger partial charge on any atom is -0.355 e. The van der Waals surface area contributed by atoms with Crippen molar-refractivity contribution >= 4 is 23.3 Å². The van der Waals surface area contributed by atoms with Crippen LogP contribution in [0.25, 0.3) is 5.69 Å². The van der Waals surface area contributed by atoms with E-state index >= 15 is 0 Å². The number of Topliss-reactive ketones (excluding diaryl/α,β-unsaturated/α-hetero) is 2. The van der Waals surface area contributed by atoms with Gasteiger partial charge < -0.3 is 4.98 Å². The summed E-state index contributed by atoms with van der Waals surface area (Å²) in [5.74, 6) is -0.142. The van der Waals surface area contributed by atoms with Crippen LogP contribution in [0.3, 0.4) is 0 Å². The molecule has 1 N–H and O–H groups in total. The molecular formula is C19H21N5O2S. The van der Waals surface area contributed by atoms with Gasteiger partial charge in [-0.15, -0.1) is 5.10 Å². The van der Waals surface area contributed by atoms with Crippen molar-refractivity contribution in [2.45, 2.75) is 45.0 Å². The number of carbonyl (C=O) groups is 2. The number of ketones is 2. The Balaban J connectivity index is 1.87. The summed E-state index contributed by atoms with van der Waals surface area (Å²) in [5.41, 5.74) is 4.36. The summed E-state index contributed by atoms with van der Waals surface area (Å²) in [6, 6.07) is 7.78. The number of H-pyrrole nitrogens is 1. The van der Waals surface area contributed by atoms with E-state index in [1.165, 1.54) is 18.7 Å². The molecule has 0 aliphatic carbocycles. The van der Waals surface area contributed by atoms with Crippen LogP contribution in [0.2, 0.25) is 0 Å². The number of para-hydroxylation sites is 1. The van der Waals surface area contributed by atoms with Gasteiger partial charge in [0.2, 0.25) is 5.16 Å². The van der Waals surface area contributed by atoms with Crippen LogP contribution in [0.1, 0.15) is 51.5 Å². The molecular weight excluding hydrogens is 362 g/mol. The molecule has 2 heterocycles. The largest absolute Gasteiger partial charge is 0.355 e. The molecule has 0 aliphatic rings. The molecule has 2 aromatic heterocycles. The van der Waals surface area contributed by atoms with Crippen molar-refractivity contribution in [3.63, 3.8) is 0 Å². The second kappa shape index (κ2) is 7.48. The number of aromatic amines is 1. The molecule has 0 bridgehead atoms. The molecule has 8 heteroatoms. The van der Waals surface area contributed by atoms with Crippen molar-refractivity contribution in [3.8, 4) is 5.69 Å². The molecule has 3 rings (SSSR count). The molecule has 0 spiro atoms. The Bertz CT molecular complexity index is 1020. The van der Waals surface area contributed by atoms with Gasteiger partial charge in [-0.3, -0.25) is 9.59 Å². The number of nitrogens with one attached hydrogen (secondary N) is 1. The highest BCUT2D eigenvalue weighted by atomic mass is 32.2. The van der Waals surface area contributed by atoms with Gasteiger partial charge in [-0.25, -0.2) is 0 Å². The zero-order valence-corrected chi connectivity index (χ0v) is 16.7. The quantitative estimate of drug-likeness (QED) is 0.517. The number of aryl methyl sites for hydroxylation is 2. The maximum absolute atomic E-state index is 13.0. The van der Waals surface area contributed by atoms with Crippen LogP contribution < -0.4 is 0 Å². The Kier molecular flexibility index (Phi) is 5.27. The third-order valence-corrected chi connectivity index (χ3v) is 5.50. The molecule has 7 nitrogen and oxygen atoms in total. The summed E-state index contributed by atoms with van der Waals surface area (Å²) in [5, 5.41) is 12.0. The minimum atomic E-state index is -0.421. The molecule has 1 aromatic carbocycles. The fourth-order valence-corrected chi connectivity index (χ4v) is 4.00. The third kappa shape index (κ3) is 3.57. The van der Waals surface area contributed by atoms with Crippen molar-refractivity contribution in [1.29, 1.82) is 0 Å². The second-order valence-electron chi connectivity index (χ2n) is 6.47. The van der Waals surface area contributed by atoms with Gasteiger partial charge in [0.15, 0.2) is 11.6 Å². The number of thioether (sulfide) groups is 1. The molecule has 0 fully saturated rings. The lowest BCUT2D eigenvalue weighted by molar-refractivity contribution is 0.0988. The van der Waals surface area contributed by atoms with Crippen LogP contribution in [-0.2, 0) is 0 Å². The zero-order valence-electron chi connectivity index (χ0n) is 15.9. The predicted octanol–water partition coefficient (Wildman–Crippen LogP) is 3.48. The van der Waals surface area contributed by atoms with Crippen molar-refractivity contribution in [3.05, 3.63) is 52.3 Å². The van der Waals surface area contributed by atoms with E-state index < -0.39 is 5.25 Å². The SMILES string of the molecule is CC(=O)c1c(C)[nH]c(C(=O)[C@H](C)Sc2nnnn2-c2ccccc2C)c1C. The van der Waals surface area contributed by atoms with Crippen molar-refractivity contribution in [2.75, 3.05) is 0 Å². The highest BCUT2D eigenvalue weighted by molar-refractivity contribution is 8.00. The lowest BCUT2D eigenvalue weighted by Gasteiger charge is -2.11. The Labute approximate surface area is 161 Å². The summed E-state index contributed by atoms with van der Waals surface area (Å²) in [4.78, 5) is 27.8. The summed E-state index contributed by atoms with van der Waals surface area (Å²) >= 11 is 1.29. The number of aromatic nitrogens is 5. The summed E-state index contributed by atoms with van der Waals surface area (Å²) < 4.78 is 1.64. The normalized spacial score (nSPS) is 12.2. The Hall–Kier alpha value is -2.74. The van der Waals surface area contributed by atoms with Gasteiger partial charge in [-0.2, -0.15) is 4.68 Å². The second-order valence-corrected chi connectivity index (χ2v) is 7.77. The minimum absolute atomic E-state index is 0.0518. The molecule has 0 saturated carbocycles. The molecule has 0 saturated heterocycles. The lowest BCUT2D eigenvalue weighted by atomic mass is 10.0. The number of rotatable bonds is 6. The maximum Gasteiger partial charge on any atom is 0.214 e. The van der Waals surface area contributed by atoms with Gasteiger partial charge in [-0.1, -0.05) is 30.0 Å². The van der Waals surface area contributed by atoms with Gasteiger partial charge in [-0.05, 0) is 62.2 Å². The van der Waals surface area contributed by atoms with Crippen molar-refractivity contribution in [1.82, 2.24) is 25.2 Å². The summed E-state index contributed by atoms with van der Waals surface area (Å²) in [7, 11) is 0. The number of benzene rings is 1. The third-order valence-electron chi connectivity index (χ3n) is 4.47. The van der Waals surface area contributed by atoms with E-state index in [0.717, 1.165) is 11.3 Å². The van der Waals surface area contributed by atoms with E-state index in [0.29, 0.717) is 27.7 Å². The molecule has 3 aromatic rings. The summed E-state index contributed by atoms with van der Waals surface area (Å²) in [6.07, 6.45) is 0. The first kappa shape index (κ1) is 19.0. The zero-order chi connectivity index (χ0) is 19.7. The number of tetrazole rings is 1. The summed E-state index contributed by atoms with van der Waals surface area (Å²) in [6.45, 7) is 8.90. The molecule has 27 heavy (non-hydrogen) atoms. The van der Waals surface area contributed by atoms with E-state index in [9.17, 15) is 9.59 Å². The molecule has 1 atom stereocenters. The first-order valence-corrected chi connectivity index (χ1v) is 9.44. The smallest absolute Gasteiger partial charge is 0.214 e. The first-order valence-electron chi connectivity index (χ1n) is 8.56. The fraction of sp³-hybridized carbons (Fsp3) is 0.316. The highest BCUT2D eigenvalue weighted by Gasteiger charge is 2.26. The van der Waals surface area contributed by atoms with Gasteiger partial charge in [0.05, 0.1) is 16.6 Å². The lowest BCUT2D eigenvalue weighted by Crippen LogP contribution is -2.16. The molecule has 0 radical (unpaired) electrons. The van der Waals surface area contributed by atoms with Crippen molar-refractivity contribution in [2.24, 2.45) is 0 Å². The van der Waals surface area contributed by atoms with Gasteiger partial charge >= 0.3 is 0 Å². The number of nitrogens with zero attached hydrogens (tertiary/aromatic N) is 4. The van der Waals surface area contributed by atoms with Gasteiger partial charge in [0.25, 0.3) is 0 Å². The molecule has 0 aliphatic heterocycles. The van der Waals surface area contributed by atoms with E-state index in [1.54, 1.807) is 18.5 Å². The van der Waals surface area contributed by atoms with Crippen molar-refractivity contribution < 1.29 is 9.59 Å². The standard InChI is InChI=1S/C19H21N5O2S/c1-10-8-6-7-9-15(10)24-19(21-22-23-24)27-14(5)18(26)17-11(2)16(13(4)25)12(3)20-17/h6-9,14,20H,1-5H3/t14-/m0/s1. The number of hydrogen-bond acceptors (Lipinski definition) is 6. The topological polar surface area (TPSA) is 93.5 Å². The Morgan fingerprint density at radius 1 is 1.19 bits per heavy atom. The Morgan fingerprint density at radius 2 is 1.89 bits per heavy atom. The average molecular weight is 383 g/mol. The van der Waals surface area contributed by atoms with E-state index in [4.69, 9.17) is 0 Å². The average Bonchev–Trinajstić information content (AvgIpc) is 3.18. The van der Waals surface area contributed by atoms with E-state index in [1.807, 2.05) is 38.1 Å². The van der Waals surface area contributed by atoms with E-state index in [-0.39, 0.29) is 11.6 Å². The number of carbonyl (C=O) groups excluding carboxylic acids is 2. The highest BCUT2D eigenvalue weighted by Crippen LogP contribution is 2.28. The molecule has 0 unspecified atom stereocenters. The van der Waals surface area contributed by atoms with Crippen LogP contribution in [0.5, 0.6) is 0 Å². The van der Waals surface area contributed by atoms with Crippen LogP contribution >= 0.6 is 11.8 Å². The van der Waals surface area contributed by atoms with Crippen LogP contribution in [0.4, 0.5) is 0 Å². The number of hydrogen-bond donors (Lipinski definition) is 1. The van der Waals surface area contributed by atoms with Crippen LogP contribution in [0.15, 0.2) is 29.4 Å². The molecule has 0 amide bonds. The van der Waals surface area contributed by atoms with Crippen LogP contribution in [0, 0.1) is 20.8 Å². The van der Waals surface area contributed by atoms with Crippen LogP contribution in [-0.4, -0.2) is 42.0 Å². The Morgan fingerprint density at radius 3 is 2.52 bits per heavy atom. The first-order chi connectivity index (χ1) is 12.8. The van der Waals surface area contributed by atoms with E-state index in [2.05, 4.69) is 20.5 Å². The van der Waals surface area contributed by atoms with Gasteiger partial charge in [0, 0.05) is 11.3 Å². The fourth-order valence-electron chi connectivity index (χ4n) is 3.14.